The number of alkyl halides is 6. The van der Waals surface area contributed by atoms with Crippen molar-refractivity contribution in [3.8, 4) is 0 Å². The van der Waals surface area contributed by atoms with Crippen molar-refractivity contribution < 1.29 is 31.1 Å². The number of carbonyl (C=O) groups is 1. The van der Waals surface area contributed by atoms with E-state index in [1.807, 2.05) is 19.1 Å². The normalized spacial score (nSPS) is 15.5. The first-order valence-electron chi connectivity index (χ1n) is 9.62. The number of aryl methyl sites for hydroxylation is 1. The van der Waals surface area contributed by atoms with Crippen LogP contribution in [0.2, 0.25) is 5.02 Å². The van der Waals surface area contributed by atoms with E-state index in [0.717, 1.165) is 23.4 Å². The van der Waals surface area contributed by atoms with Gasteiger partial charge in [-0.15, -0.1) is 0 Å². The van der Waals surface area contributed by atoms with Crippen LogP contribution in [0.15, 0.2) is 42.5 Å². The molecule has 1 aliphatic heterocycles. The van der Waals surface area contributed by atoms with Gasteiger partial charge in [0, 0.05) is 43.0 Å². The fourth-order valence-electron chi connectivity index (χ4n) is 3.44. The number of piperazine rings is 1. The molecule has 1 fully saturated rings. The highest BCUT2D eigenvalue weighted by Gasteiger charge is 2.36. The summed E-state index contributed by atoms with van der Waals surface area (Å²) in [5.74, 6) is -0.488. The minimum Gasteiger partial charge on any atom is -0.368 e. The zero-order chi connectivity index (χ0) is 23.7. The molecule has 0 aromatic heterocycles. The highest BCUT2D eigenvalue weighted by Crippen LogP contribution is 2.36. The molecule has 1 heterocycles. The van der Waals surface area contributed by atoms with Crippen LogP contribution in [0.4, 0.5) is 32.0 Å². The van der Waals surface area contributed by atoms with Gasteiger partial charge in [-0.1, -0.05) is 17.7 Å². The number of nitrogens with zero attached hydrogens (tertiary/aromatic N) is 2. The lowest BCUT2D eigenvalue weighted by atomic mass is 10.0. The quantitative estimate of drug-likeness (QED) is 0.398. The van der Waals surface area contributed by atoms with Crippen molar-refractivity contribution in [2.24, 2.45) is 0 Å². The zero-order valence-electron chi connectivity index (χ0n) is 16.9. The largest absolute Gasteiger partial charge is 0.416 e. The van der Waals surface area contributed by atoms with Gasteiger partial charge in [0.2, 0.25) is 5.91 Å². The first-order valence-corrected chi connectivity index (χ1v) is 10.00. The Hall–Kier alpha value is -2.68. The van der Waals surface area contributed by atoms with Gasteiger partial charge in [-0.3, -0.25) is 4.79 Å². The van der Waals surface area contributed by atoms with Crippen LogP contribution in [-0.2, 0) is 17.1 Å². The van der Waals surface area contributed by atoms with Crippen LogP contribution in [0, 0.1) is 6.92 Å². The topological polar surface area (TPSA) is 23.6 Å². The molecular weight excluding hydrogens is 458 g/mol. The van der Waals surface area contributed by atoms with Crippen LogP contribution in [-0.4, -0.2) is 37.0 Å². The molecule has 1 amide bonds. The maximum Gasteiger partial charge on any atom is 0.416 e. The predicted octanol–water partition coefficient (Wildman–Crippen LogP) is 6.05. The third-order valence-corrected chi connectivity index (χ3v) is 5.37. The smallest absolute Gasteiger partial charge is 0.368 e. The molecule has 0 spiro atoms. The van der Waals surface area contributed by atoms with E-state index in [2.05, 4.69) is 4.90 Å². The van der Waals surface area contributed by atoms with E-state index in [1.54, 1.807) is 6.07 Å². The van der Waals surface area contributed by atoms with Gasteiger partial charge in [0.05, 0.1) is 11.1 Å². The van der Waals surface area contributed by atoms with Crippen molar-refractivity contribution in [1.29, 1.82) is 0 Å². The Morgan fingerprint density at radius 1 is 0.906 bits per heavy atom. The molecular formula is C22H19ClF6N2O. The van der Waals surface area contributed by atoms with Crippen molar-refractivity contribution in [2.45, 2.75) is 19.3 Å². The second-order valence-corrected chi connectivity index (χ2v) is 7.85. The Morgan fingerprint density at radius 3 is 2.00 bits per heavy atom. The monoisotopic (exact) mass is 476 g/mol. The molecule has 0 aliphatic carbocycles. The number of carbonyl (C=O) groups excluding carboxylic acids is 1. The molecule has 1 saturated heterocycles. The highest BCUT2D eigenvalue weighted by molar-refractivity contribution is 6.30. The molecule has 1 aliphatic rings. The third kappa shape index (κ3) is 5.76. The van der Waals surface area contributed by atoms with E-state index >= 15 is 0 Å². The van der Waals surface area contributed by atoms with Crippen molar-refractivity contribution in [3.05, 3.63) is 69.8 Å². The second kappa shape index (κ2) is 9.05. The van der Waals surface area contributed by atoms with Crippen LogP contribution in [0.5, 0.6) is 0 Å². The van der Waals surface area contributed by atoms with E-state index in [-0.39, 0.29) is 11.6 Å². The van der Waals surface area contributed by atoms with Crippen LogP contribution in [0.25, 0.3) is 6.08 Å². The summed E-state index contributed by atoms with van der Waals surface area (Å²) in [7, 11) is 0. The van der Waals surface area contributed by atoms with Gasteiger partial charge in [0.25, 0.3) is 0 Å². The molecule has 172 valence electrons. The number of anilines is 1. The van der Waals surface area contributed by atoms with Gasteiger partial charge >= 0.3 is 12.4 Å². The summed E-state index contributed by atoms with van der Waals surface area (Å²) < 4.78 is 77.9. The average Bonchev–Trinajstić information content (AvgIpc) is 2.72. The average molecular weight is 477 g/mol. The van der Waals surface area contributed by atoms with Gasteiger partial charge < -0.3 is 9.80 Å². The van der Waals surface area contributed by atoms with E-state index in [0.29, 0.717) is 43.3 Å². The second-order valence-electron chi connectivity index (χ2n) is 7.42. The Morgan fingerprint density at radius 2 is 1.47 bits per heavy atom. The van der Waals surface area contributed by atoms with Gasteiger partial charge in [-0.25, -0.2) is 0 Å². The fourth-order valence-corrected chi connectivity index (χ4v) is 3.61. The Balaban J connectivity index is 1.71. The fraction of sp³-hybridized carbons (Fsp3) is 0.318. The number of halogens is 7. The molecule has 3 rings (SSSR count). The van der Waals surface area contributed by atoms with Crippen molar-refractivity contribution in [2.75, 3.05) is 31.1 Å². The SMILES string of the molecule is Cc1ccc(Cl)cc1N1CCN(C(=O)/C=C\c2cc(C(F)(F)F)cc(C(F)(F)F)c2)CC1. The molecule has 0 N–H and O–H groups in total. The minimum absolute atomic E-state index is 0.0518. The van der Waals surface area contributed by atoms with Crippen LogP contribution < -0.4 is 4.90 Å². The first kappa shape index (κ1) is 24.0. The number of amides is 1. The third-order valence-electron chi connectivity index (χ3n) is 5.13. The summed E-state index contributed by atoms with van der Waals surface area (Å²) >= 11 is 6.05. The van der Waals surface area contributed by atoms with Crippen LogP contribution in [0.1, 0.15) is 22.3 Å². The minimum atomic E-state index is -4.94. The number of hydrogen-bond donors (Lipinski definition) is 0. The molecule has 2 aromatic carbocycles. The van der Waals surface area contributed by atoms with E-state index in [4.69, 9.17) is 11.6 Å². The summed E-state index contributed by atoms with van der Waals surface area (Å²) in [5, 5.41) is 0.589. The number of rotatable bonds is 3. The van der Waals surface area contributed by atoms with Gasteiger partial charge in [0.15, 0.2) is 0 Å². The van der Waals surface area contributed by atoms with Crippen molar-refractivity contribution >= 4 is 29.3 Å². The molecule has 10 heteroatoms. The van der Waals surface area contributed by atoms with Crippen LogP contribution in [0.3, 0.4) is 0 Å². The lowest BCUT2D eigenvalue weighted by Crippen LogP contribution is -2.48. The number of benzene rings is 2. The summed E-state index contributed by atoms with van der Waals surface area (Å²) in [4.78, 5) is 16.0. The molecule has 0 atom stereocenters. The molecule has 0 unspecified atom stereocenters. The zero-order valence-corrected chi connectivity index (χ0v) is 17.7. The highest BCUT2D eigenvalue weighted by atomic mass is 35.5. The predicted molar refractivity (Wildman–Crippen MR) is 110 cm³/mol. The molecule has 2 aromatic rings. The van der Waals surface area contributed by atoms with E-state index < -0.39 is 29.4 Å². The maximum absolute atomic E-state index is 13.0. The summed E-state index contributed by atoms with van der Waals surface area (Å²) in [6, 6.07) is 6.72. The maximum atomic E-state index is 13.0. The Bertz CT molecular complexity index is 992. The molecule has 0 radical (unpaired) electrons. The molecule has 0 saturated carbocycles. The van der Waals surface area contributed by atoms with Gasteiger partial charge in [-0.05, 0) is 54.5 Å². The Kier molecular flexibility index (Phi) is 6.78. The lowest BCUT2D eigenvalue weighted by molar-refractivity contribution is -0.143. The number of hydrogen-bond acceptors (Lipinski definition) is 2. The lowest BCUT2D eigenvalue weighted by Gasteiger charge is -2.36. The van der Waals surface area contributed by atoms with Gasteiger partial charge in [0.1, 0.15) is 0 Å². The van der Waals surface area contributed by atoms with E-state index in [9.17, 15) is 31.1 Å². The van der Waals surface area contributed by atoms with Crippen LogP contribution >= 0.6 is 11.6 Å². The molecule has 0 bridgehead atoms. The standard InChI is InChI=1S/C22H19ClF6N2O/c1-14-2-4-18(23)13-19(14)30-6-8-31(9-7-30)20(32)5-3-15-10-16(21(24,25)26)12-17(11-15)22(27,28)29/h2-5,10-13H,6-9H2,1H3/b5-3-. The first-order chi connectivity index (χ1) is 14.8. The van der Waals surface area contributed by atoms with E-state index in [1.165, 1.54) is 4.90 Å². The van der Waals surface area contributed by atoms with Crippen molar-refractivity contribution in [3.63, 3.8) is 0 Å². The summed E-state index contributed by atoms with van der Waals surface area (Å²) in [5.41, 5.74) is -1.23. The summed E-state index contributed by atoms with van der Waals surface area (Å²) in [6.07, 6.45) is -7.92. The summed E-state index contributed by atoms with van der Waals surface area (Å²) in [6.45, 7) is 3.68. The van der Waals surface area contributed by atoms with Gasteiger partial charge in [-0.2, -0.15) is 26.3 Å². The van der Waals surface area contributed by atoms with Crippen molar-refractivity contribution in [1.82, 2.24) is 4.90 Å². The Labute approximate surface area is 185 Å². The molecule has 3 nitrogen and oxygen atoms in total. The molecule has 32 heavy (non-hydrogen) atoms.